The third-order valence-corrected chi connectivity index (χ3v) is 4.26. The highest BCUT2D eigenvalue weighted by molar-refractivity contribution is 5.85. The van der Waals surface area contributed by atoms with Gasteiger partial charge in [0.2, 0.25) is 5.91 Å². The van der Waals surface area contributed by atoms with E-state index in [2.05, 4.69) is 19.2 Å². The standard InChI is InChI=1S/C14H28N2O/c1-6-14(5)8-10-16(11-9-14)12(17)13(3,4)15-7-2/h15H,6-11H2,1-5H3. The van der Waals surface area contributed by atoms with Crippen molar-refractivity contribution < 1.29 is 4.79 Å². The predicted molar refractivity (Wildman–Crippen MR) is 72.0 cm³/mol. The maximum absolute atomic E-state index is 12.4. The second-order valence-corrected chi connectivity index (χ2v) is 6.11. The fourth-order valence-corrected chi connectivity index (χ4v) is 2.52. The van der Waals surface area contributed by atoms with Gasteiger partial charge < -0.3 is 10.2 Å². The topological polar surface area (TPSA) is 32.3 Å². The van der Waals surface area contributed by atoms with Gasteiger partial charge in [0.05, 0.1) is 5.54 Å². The monoisotopic (exact) mass is 240 g/mol. The molecule has 17 heavy (non-hydrogen) atoms. The zero-order chi connectivity index (χ0) is 13.1. The molecule has 0 spiro atoms. The number of likely N-dealkylation sites (N-methyl/N-ethyl adjacent to an activating group) is 1. The Labute approximate surface area is 106 Å². The third kappa shape index (κ3) is 3.44. The Bertz CT molecular complexity index is 265. The van der Waals surface area contributed by atoms with E-state index >= 15 is 0 Å². The van der Waals surface area contributed by atoms with Crippen molar-refractivity contribution in [2.75, 3.05) is 19.6 Å². The zero-order valence-electron chi connectivity index (χ0n) is 12.1. The summed E-state index contributed by atoms with van der Waals surface area (Å²) in [5, 5.41) is 3.26. The van der Waals surface area contributed by atoms with Crippen molar-refractivity contribution in [1.29, 1.82) is 0 Å². The summed E-state index contributed by atoms with van der Waals surface area (Å²) in [6.45, 7) is 13.2. The Morgan fingerprint density at radius 1 is 1.29 bits per heavy atom. The number of piperidine rings is 1. The van der Waals surface area contributed by atoms with E-state index in [1.807, 2.05) is 25.7 Å². The van der Waals surface area contributed by atoms with Gasteiger partial charge in [0.1, 0.15) is 0 Å². The van der Waals surface area contributed by atoms with Crippen LogP contribution in [0.1, 0.15) is 53.9 Å². The normalized spacial score (nSPS) is 20.4. The highest BCUT2D eigenvalue weighted by atomic mass is 16.2. The van der Waals surface area contributed by atoms with E-state index in [1.54, 1.807) is 0 Å². The van der Waals surface area contributed by atoms with Crippen molar-refractivity contribution in [3.05, 3.63) is 0 Å². The number of hydrogen-bond donors (Lipinski definition) is 1. The fraction of sp³-hybridized carbons (Fsp3) is 0.929. The van der Waals surface area contributed by atoms with Gasteiger partial charge in [-0.15, -0.1) is 0 Å². The van der Waals surface area contributed by atoms with Crippen molar-refractivity contribution in [1.82, 2.24) is 10.2 Å². The van der Waals surface area contributed by atoms with Crippen LogP contribution in [0.3, 0.4) is 0 Å². The number of carbonyl (C=O) groups is 1. The SMILES string of the molecule is CCNC(C)(C)C(=O)N1CCC(C)(CC)CC1. The summed E-state index contributed by atoms with van der Waals surface area (Å²) in [4.78, 5) is 14.4. The molecule has 0 atom stereocenters. The first-order valence-corrected chi connectivity index (χ1v) is 6.89. The number of hydrogen-bond acceptors (Lipinski definition) is 2. The summed E-state index contributed by atoms with van der Waals surface area (Å²) in [5.41, 5.74) is 0.0216. The number of amides is 1. The molecule has 3 nitrogen and oxygen atoms in total. The minimum absolute atomic E-state index is 0.248. The molecule has 3 heteroatoms. The van der Waals surface area contributed by atoms with Gasteiger partial charge in [-0.3, -0.25) is 4.79 Å². The molecule has 0 bridgehead atoms. The molecule has 0 aromatic rings. The minimum Gasteiger partial charge on any atom is -0.341 e. The van der Waals surface area contributed by atoms with Gasteiger partial charge in [-0.2, -0.15) is 0 Å². The van der Waals surface area contributed by atoms with Gasteiger partial charge in [-0.25, -0.2) is 0 Å². The molecule has 100 valence electrons. The van der Waals surface area contributed by atoms with Crippen LogP contribution in [0.5, 0.6) is 0 Å². The molecular weight excluding hydrogens is 212 g/mol. The molecule has 0 unspecified atom stereocenters. The molecule has 1 amide bonds. The van der Waals surface area contributed by atoms with Crippen molar-refractivity contribution >= 4 is 5.91 Å². The number of rotatable bonds is 4. The largest absolute Gasteiger partial charge is 0.341 e. The van der Waals surface area contributed by atoms with Crippen LogP contribution in [0.15, 0.2) is 0 Å². The van der Waals surface area contributed by atoms with Crippen LogP contribution in [-0.2, 0) is 4.79 Å². The Hall–Kier alpha value is -0.570. The molecule has 0 aliphatic carbocycles. The first-order valence-electron chi connectivity index (χ1n) is 6.89. The molecule has 1 aliphatic rings. The van der Waals surface area contributed by atoms with Crippen LogP contribution in [0, 0.1) is 5.41 Å². The van der Waals surface area contributed by atoms with E-state index in [9.17, 15) is 4.79 Å². The third-order valence-electron chi connectivity index (χ3n) is 4.26. The molecule has 1 fully saturated rings. The summed E-state index contributed by atoms with van der Waals surface area (Å²) >= 11 is 0. The highest BCUT2D eigenvalue weighted by Gasteiger charge is 2.36. The number of carbonyl (C=O) groups excluding carboxylic acids is 1. The van der Waals surface area contributed by atoms with Gasteiger partial charge in [0, 0.05) is 13.1 Å². The second-order valence-electron chi connectivity index (χ2n) is 6.11. The minimum atomic E-state index is -0.422. The van der Waals surface area contributed by atoms with Gasteiger partial charge >= 0.3 is 0 Å². The summed E-state index contributed by atoms with van der Waals surface area (Å²) in [5.74, 6) is 0.248. The molecule has 1 N–H and O–H groups in total. The van der Waals surface area contributed by atoms with Crippen molar-refractivity contribution in [2.45, 2.75) is 59.4 Å². The first kappa shape index (κ1) is 14.5. The predicted octanol–water partition coefficient (Wildman–Crippen LogP) is 2.41. The van der Waals surface area contributed by atoms with Gasteiger partial charge in [-0.1, -0.05) is 27.2 Å². The van der Waals surface area contributed by atoms with E-state index < -0.39 is 5.54 Å². The molecule has 1 saturated heterocycles. The molecule has 1 rings (SSSR count). The molecule has 0 saturated carbocycles. The van der Waals surface area contributed by atoms with Gasteiger partial charge in [0.15, 0.2) is 0 Å². The lowest BCUT2D eigenvalue weighted by molar-refractivity contribution is -0.139. The van der Waals surface area contributed by atoms with E-state index in [0.29, 0.717) is 5.41 Å². The van der Waals surface area contributed by atoms with Crippen LogP contribution in [-0.4, -0.2) is 36.0 Å². The second kappa shape index (κ2) is 5.38. The zero-order valence-corrected chi connectivity index (χ0v) is 12.1. The van der Waals surface area contributed by atoms with E-state index in [-0.39, 0.29) is 5.91 Å². The van der Waals surface area contributed by atoms with E-state index in [4.69, 9.17) is 0 Å². The number of nitrogens with zero attached hydrogens (tertiary/aromatic N) is 1. The Balaban J connectivity index is 2.57. The average molecular weight is 240 g/mol. The summed E-state index contributed by atoms with van der Waals surface area (Å²) in [6, 6.07) is 0. The highest BCUT2D eigenvalue weighted by Crippen LogP contribution is 2.34. The van der Waals surface area contributed by atoms with E-state index in [0.717, 1.165) is 32.5 Å². The maximum atomic E-state index is 12.4. The molecule has 0 aromatic heterocycles. The quantitative estimate of drug-likeness (QED) is 0.818. The van der Waals surface area contributed by atoms with Crippen molar-refractivity contribution in [3.63, 3.8) is 0 Å². The average Bonchev–Trinajstić information content (AvgIpc) is 2.29. The van der Waals surface area contributed by atoms with Gasteiger partial charge in [-0.05, 0) is 38.6 Å². The Kier molecular flexibility index (Phi) is 4.59. The number of likely N-dealkylation sites (tertiary alicyclic amines) is 1. The van der Waals surface area contributed by atoms with Crippen LogP contribution >= 0.6 is 0 Å². The molecule has 0 aromatic carbocycles. The summed E-state index contributed by atoms with van der Waals surface area (Å²) < 4.78 is 0. The van der Waals surface area contributed by atoms with Crippen LogP contribution < -0.4 is 5.32 Å². The molecule has 0 radical (unpaired) electrons. The Morgan fingerprint density at radius 3 is 2.24 bits per heavy atom. The molecule has 1 aliphatic heterocycles. The molecule has 1 heterocycles. The lowest BCUT2D eigenvalue weighted by Gasteiger charge is -2.41. The fourth-order valence-electron chi connectivity index (χ4n) is 2.52. The lowest BCUT2D eigenvalue weighted by atomic mass is 9.78. The Morgan fingerprint density at radius 2 is 1.82 bits per heavy atom. The smallest absolute Gasteiger partial charge is 0.242 e. The van der Waals surface area contributed by atoms with E-state index in [1.165, 1.54) is 6.42 Å². The lowest BCUT2D eigenvalue weighted by Crippen LogP contribution is -2.56. The van der Waals surface area contributed by atoms with Crippen LogP contribution in [0.4, 0.5) is 0 Å². The number of nitrogens with one attached hydrogen (secondary N) is 1. The summed E-state index contributed by atoms with van der Waals surface area (Å²) in [7, 11) is 0. The summed E-state index contributed by atoms with van der Waals surface area (Å²) in [6.07, 6.45) is 3.49. The van der Waals surface area contributed by atoms with Crippen LogP contribution in [0.25, 0.3) is 0 Å². The first-order chi connectivity index (χ1) is 7.84. The van der Waals surface area contributed by atoms with Crippen LogP contribution in [0.2, 0.25) is 0 Å². The maximum Gasteiger partial charge on any atom is 0.242 e. The van der Waals surface area contributed by atoms with Crippen molar-refractivity contribution in [2.24, 2.45) is 5.41 Å². The molecular formula is C14H28N2O. The van der Waals surface area contributed by atoms with Crippen molar-refractivity contribution in [3.8, 4) is 0 Å². The van der Waals surface area contributed by atoms with Gasteiger partial charge in [0.25, 0.3) is 0 Å².